The molecule has 0 bridgehead atoms. The quantitative estimate of drug-likeness (QED) is 0.135. The first-order valence-electron chi connectivity index (χ1n) is 20.0. The molecule has 52 heavy (non-hydrogen) atoms. The molecule has 0 unspecified atom stereocenters. The zero-order valence-corrected chi connectivity index (χ0v) is 34.1. The van der Waals surface area contributed by atoms with E-state index in [-0.39, 0.29) is 45.9 Å². The molecule has 2 aliphatic heterocycles. The van der Waals surface area contributed by atoms with Crippen LogP contribution >= 0.6 is 0 Å². The predicted octanol–water partition coefficient (Wildman–Crippen LogP) is 4.94. The van der Waals surface area contributed by atoms with Crippen molar-refractivity contribution in [1.82, 2.24) is 25.8 Å². The van der Waals surface area contributed by atoms with E-state index in [0.717, 1.165) is 44.9 Å². The van der Waals surface area contributed by atoms with Gasteiger partial charge in [-0.2, -0.15) is 0 Å². The van der Waals surface area contributed by atoms with Crippen molar-refractivity contribution in [2.75, 3.05) is 26.7 Å². The summed E-state index contributed by atoms with van der Waals surface area (Å²) >= 11 is 0. The maximum Gasteiger partial charge on any atom is 0.248 e. The average Bonchev–Trinajstić information content (AvgIpc) is 3.86. The molecular formula is C41H71N7O4. The second-order valence-electron chi connectivity index (χ2n) is 19.2. The Morgan fingerprint density at radius 2 is 1.56 bits per heavy atom. The monoisotopic (exact) mass is 726 g/mol. The van der Waals surface area contributed by atoms with Crippen molar-refractivity contribution in [2.24, 2.45) is 37.8 Å². The van der Waals surface area contributed by atoms with Gasteiger partial charge in [-0.15, -0.1) is 0 Å². The molecule has 5 rings (SSSR count). The first-order valence-corrected chi connectivity index (χ1v) is 20.0. The summed E-state index contributed by atoms with van der Waals surface area (Å²) in [5, 5.41) is 9.15. The van der Waals surface area contributed by atoms with Crippen molar-refractivity contribution in [3.05, 3.63) is 12.2 Å². The Bertz CT molecular complexity index is 1360. The summed E-state index contributed by atoms with van der Waals surface area (Å²) in [4.78, 5) is 63.9. The minimum Gasteiger partial charge on any atom is -0.390 e. The summed E-state index contributed by atoms with van der Waals surface area (Å²) in [5.41, 5.74) is 4.69. The number of aliphatic imine (C=N–C) groups is 1. The van der Waals surface area contributed by atoms with Crippen molar-refractivity contribution < 1.29 is 19.2 Å². The highest BCUT2D eigenvalue weighted by Crippen LogP contribution is 2.88. The van der Waals surface area contributed by atoms with Gasteiger partial charge < -0.3 is 31.5 Å². The number of carbonyl (C=O) groups excluding carboxylic acids is 4. The standard InChI is InChI=1S/C35H58N6O4.C6H13N/c1-11-13-23(21(2)27(42)38-22-14-15-22)39-28(43)24-18-35(33(9,10)34(35)16-12-17-34)19-41(24)30(45)26(32(6,7)8)40-29(44)25(37-20-36)31(3,4)5;1-7-5-3-2-4-6-7/h20,22-26H,2,11-19H2,1,3-10H3,(H2,36,37)(H,38,42)(H,39,43)(H,40,44);2-6H2,1H3/t23-,24-,25+,26+,35+;/m0./s1. The van der Waals surface area contributed by atoms with Crippen LogP contribution in [0.5, 0.6) is 0 Å². The number of likely N-dealkylation sites (tertiary alicyclic amines) is 2. The van der Waals surface area contributed by atoms with Gasteiger partial charge in [0.1, 0.15) is 18.1 Å². The Labute approximate surface area is 314 Å². The molecule has 0 aromatic heterocycles. The predicted molar refractivity (Wildman–Crippen MR) is 208 cm³/mol. The van der Waals surface area contributed by atoms with E-state index in [9.17, 15) is 19.2 Å². The van der Waals surface area contributed by atoms with Crippen LogP contribution < -0.4 is 21.7 Å². The third-order valence-corrected chi connectivity index (χ3v) is 13.2. The van der Waals surface area contributed by atoms with Gasteiger partial charge in [-0.05, 0) is 93.2 Å². The number of hydrogen-bond acceptors (Lipinski definition) is 6. The largest absolute Gasteiger partial charge is 0.390 e. The third-order valence-electron chi connectivity index (χ3n) is 13.2. The summed E-state index contributed by atoms with van der Waals surface area (Å²) in [5.74, 6) is -1.15. The number of piperidine rings is 1. The average molecular weight is 726 g/mol. The van der Waals surface area contributed by atoms with Crippen LogP contribution in [0.3, 0.4) is 0 Å². The summed E-state index contributed by atoms with van der Waals surface area (Å²) in [7, 11) is 2.19. The molecule has 294 valence electrons. The number of nitrogens with two attached hydrogens (primary N) is 1. The Hall–Kier alpha value is -2.95. The van der Waals surface area contributed by atoms with Crippen LogP contribution in [0.15, 0.2) is 17.1 Å². The number of rotatable bonds is 11. The van der Waals surface area contributed by atoms with E-state index in [0.29, 0.717) is 25.0 Å². The van der Waals surface area contributed by atoms with Gasteiger partial charge in [-0.1, -0.05) is 88.2 Å². The maximum atomic E-state index is 14.7. The number of fused-ring (bicyclic) bond motifs is 1. The van der Waals surface area contributed by atoms with Gasteiger partial charge in [-0.3, -0.25) is 24.2 Å². The van der Waals surface area contributed by atoms with Gasteiger partial charge in [0.05, 0.1) is 12.4 Å². The molecule has 2 heterocycles. The third kappa shape index (κ3) is 8.39. The molecule has 11 heteroatoms. The first-order chi connectivity index (χ1) is 24.2. The van der Waals surface area contributed by atoms with E-state index in [4.69, 9.17) is 5.73 Å². The van der Waals surface area contributed by atoms with Crippen molar-refractivity contribution in [1.29, 1.82) is 0 Å². The van der Waals surface area contributed by atoms with Crippen LogP contribution in [0.2, 0.25) is 0 Å². The Morgan fingerprint density at radius 1 is 0.942 bits per heavy atom. The molecule has 5 atom stereocenters. The molecule has 0 aromatic rings. The highest BCUT2D eigenvalue weighted by Gasteiger charge is 2.85. The van der Waals surface area contributed by atoms with E-state index < -0.39 is 35.0 Å². The molecular weight excluding hydrogens is 654 g/mol. The van der Waals surface area contributed by atoms with Gasteiger partial charge in [-0.25, -0.2) is 0 Å². The molecule has 0 radical (unpaired) electrons. The molecule has 5 aliphatic rings. The molecule has 11 nitrogen and oxygen atoms in total. The van der Waals surface area contributed by atoms with Crippen molar-refractivity contribution in [3.63, 3.8) is 0 Å². The van der Waals surface area contributed by atoms with Crippen LogP contribution in [-0.4, -0.2) is 96.7 Å². The fourth-order valence-corrected chi connectivity index (χ4v) is 9.48. The lowest BCUT2D eigenvalue weighted by atomic mass is 9.73. The smallest absolute Gasteiger partial charge is 0.248 e. The topological polar surface area (TPSA) is 149 Å². The molecule has 0 aromatic carbocycles. The van der Waals surface area contributed by atoms with Crippen molar-refractivity contribution in [2.45, 2.75) is 163 Å². The van der Waals surface area contributed by atoms with Crippen LogP contribution in [0.25, 0.3) is 0 Å². The highest BCUT2D eigenvalue weighted by atomic mass is 16.2. The molecule has 5 N–H and O–H groups in total. The number of nitrogens with one attached hydrogen (secondary N) is 3. The lowest BCUT2D eigenvalue weighted by molar-refractivity contribution is -0.144. The van der Waals surface area contributed by atoms with Crippen LogP contribution in [0, 0.1) is 27.1 Å². The fourth-order valence-electron chi connectivity index (χ4n) is 9.48. The minimum atomic E-state index is -0.891. The summed E-state index contributed by atoms with van der Waals surface area (Å²) in [6.45, 7) is 25.2. The Balaban J connectivity index is 0.000000771. The van der Waals surface area contributed by atoms with Gasteiger partial charge in [0, 0.05) is 23.6 Å². The minimum absolute atomic E-state index is 0.0178. The zero-order valence-electron chi connectivity index (χ0n) is 34.1. The second-order valence-corrected chi connectivity index (χ2v) is 19.2. The van der Waals surface area contributed by atoms with E-state index in [1.165, 1.54) is 32.4 Å². The Morgan fingerprint density at radius 3 is 1.98 bits per heavy atom. The number of amides is 4. The van der Waals surface area contributed by atoms with E-state index >= 15 is 0 Å². The Kier molecular flexibility index (Phi) is 12.7. The summed E-state index contributed by atoms with van der Waals surface area (Å²) < 4.78 is 0. The number of nitrogens with zero attached hydrogens (tertiary/aromatic N) is 3. The number of carbonyl (C=O) groups is 4. The maximum absolute atomic E-state index is 14.7. The van der Waals surface area contributed by atoms with E-state index in [1.54, 1.807) is 4.90 Å². The first kappa shape index (κ1) is 41.8. The molecule has 4 amide bonds. The molecule has 3 saturated carbocycles. The van der Waals surface area contributed by atoms with E-state index in [2.05, 4.69) is 53.3 Å². The van der Waals surface area contributed by atoms with Gasteiger partial charge >= 0.3 is 0 Å². The van der Waals surface area contributed by atoms with Gasteiger partial charge in [0.25, 0.3) is 0 Å². The zero-order chi connectivity index (χ0) is 38.9. The normalized spacial score (nSPS) is 26.8. The molecule has 5 fully saturated rings. The van der Waals surface area contributed by atoms with E-state index in [1.807, 2.05) is 48.5 Å². The van der Waals surface area contributed by atoms with Crippen molar-refractivity contribution in [3.8, 4) is 0 Å². The van der Waals surface area contributed by atoms with Crippen LogP contribution in [-0.2, 0) is 19.2 Å². The fraction of sp³-hybridized carbons (Fsp3) is 0.829. The summed E-state index contributed by atoms with van der Waals surface area (Å²) in [6.07, 6.45) is 12.6. The summed E-state index contributed by atoms with van der Waals surface area (Å²) in [6, 6.07) is -2.74. The lowest BCUT2D eigenvalue weighted by Gasteiger charge is -2.37. The number of hydrogen-bond donors (Lipinski definition) is 4. The van der Waals surface area contributed by atoms with Crippen molar-refractivity contribution >= 4 is 30.0 Å². The van der Waals surface area contributed by atoms with Crippen LogP contribution in [0.4, 0.5) is 0 Å². The molecule has 3 aliphatic carbocycles. The lowest BCUT2D eigenvalue weighted by Crippen LogP contribution is -2.60. The van der Waals surface area contributed by atoms with Crippen LogP contribution in [0.1, 0.15) is 133 Å². The molecule has 2 saturated heterocycles. The van der Waals surface area contributed by atoms with Gasteiger partial charge in [0.2, 0.25) is 23.6 Å². The highest BCUT2D eigenvalue weighted by molar-refractivity contribution is 5.97. The SMILES string of the molecule is C=C(C(=O)NC1CC1)[C@H](CCC)NC(=O)[C@@H]1C[C@@]2(CN1C(=O)[C@@H](NC(=O)[C@@H](N=CN)C(C)(C)C)C(C)(C)C)C(C)(C)C21CCC1.CN1CCCCC1. The second kappa shape index (κ2) is 15.8. The van der Waals surface area contributed by atoms with Gasteiger partial charge in [0.15, 0.2) is 0 Å². The molecule has 2 spiro atoms.